The van der Waals surface area contributed by atoms with E-state index in [4.69, 9.17) is 4.74 Å². The quantitative estimate of drug-likeness (QED) is 0.549. The fourth-order valence-corrected chi connectivity index (χ4v) is 2.87. The number of amides is 1. The zero-order valence-corrected chi connectivity index (χ0v) is 15.0. The van der Waals surface area contributed by atoms with E-state index in [0.29, 0.717) is 19.6 Å². The number of benzene rings is 1. The summed E-state index contributed by atoms with van der Waals surface area (Å²) in [6.45, 7) is 2.81. The van der Waals surface area contributed by atoms with E-state index in [0.717, 1.165) is 10.5 Å². The van der Waals surface area contributed by atoms with Crippen LogP contribution in [0.3, 0.4) is 0 Å². The van der Waals surface area contributed by atoms with E-state index >= 15 is 0 Å². The van der Waals surface area contributed by atoms with Crippen LogP contribution in [0.5, 0.6) is 0 Å². The highest BCUT2D eigenvalue weighted by molar-refractivity contribution is 8.00. The number of aromatic nitrogens is 2. The molecule has 0 saturated carbocycles. The zero-order chi connectivity index (χ0) is 18.2. The van der Waals surface area contributed by atoms with E-state index in [9.17, 15) is 14.4 Å². The number of nitrogens with one attached hydrogen (secondary N) is 2. The molecular weight excluding hydrogens is 342 g/mol. The summed E-state index contributed by atoms with van der Waals surface area (Å²) >= 11 is 1.39. The highest BCUT2D eigenvalue weighted by Crippen LogP contribution is 2.18. The monoisotopic (exact) mass is 363 g/mol. The minimum absolute atomic E-state index is 0.183. The predicted octanol–water partition coefficient (Wildman–Crippen LogP) is 1.61. The van der Waals surface area contributed by atoms with Gasteiger partial charge in [-0.25, -0.2) is 4.79 Å². The highest BCUT2D eigenvalue weighted by atomic mass is 32.2. The first-order valence-corrected chi connectivity index (χ1v) is 8.80. The maximum atomic E-state index is 12.2. The van der Waals surface area contributed by atoms with Crippen molar-refractivity contribution in [3.05, 3.63) is 56.7 Å². The Bertz CT molecular complexity index is 827. The van der Waals surface area contributed by atoms with Crippen molar-refractivity contribution in [2.24, 2.45) is 0 Å². The summed E-state index contributed by atoms with van der Waals surface area (Å²) in [5, 5.41) is 2.64. The molecule has 1 amide bonds. The number of carbonyl (C=O) groups is 1. The van der Waals surface area contributed by atoms with Crippen molar-refractivity contribution >= 4 is 23.5 Å². The minimum atomic E-state index is -0.551. The van der Waals surface area contributed by atoms with Gasteiger partial charge < -0.3 is 10.1 Å². The molecule has 2 N–H and O–H groups in total. The lowest BCUT2D eigenvalue weighted by molar-refractivity contribution is -0.113. The average Bonchev–Trinajstić information content (AvgIpc) is 2.56. The molecular formula is C17H21N3O4S. The summed E-state index contributed by atoms with van der Waals surface area (Å²) in [5.41, 5.74) is 0.0527. The number of ether oxygens (including phenoxy) is 1. The second-order valence-electron chi connectivity index (χ2n) is 5.47. The van der Waals surface area contributed by atoms with E-state index in [1.54, 1.807) is 7.11 Å². The van der Waals surface area contributed by atoms with Gasteiger partial charge in [-0.2, -0.15) is 0 Å². The molecule has 0 aliphatic carbocycles. The second kappa shape index (κ2) is 9.24. The molecule has 0 radical (unpaired) electrons. The molecule has 0 saturated heterocycles. The second-order valence-corrected chi connectivity index (χ2v) is 6.52. The molecule has 0 atom stereocenters. The van der Waals surface area contributed by atoms with Crippen molar-refractivity contribution in [2.75, 3.05) is 24.8 Å². The van der Waals surface area contributed by atoms with E-state index in [1.165, 1.54) is 22.4 Å². The van der Waals surface area contributed by atoms with Gasteiger partial charge in [0.25, 0.3) is 5.56 Å². The summed E-state index contributed by atoms with van der Waals surface area (Å²) in [6.07, 6.45) is 0.587. The van der Waals surface area contributed by atoms with Crippen LogP contribution in [-0.4, -0.2) is 34.9 Å². The van der Waals surface area contributed by atoms with Crippen molar-refractivity contribution in [3.8, 4) is 0 Å². The van der Waals surface area contributed by atoms with E-state index in [1.807, 2.05) is 31.2 Å². The van der Waals surface area contributed by atoms with Gasteiger partial charge in [-0.05, 0) is 25.5 Å². The third kappa shape index (κ3) is 5.91. The number of aromatic amines is 1. The number of hydrogen-bond donors (Lipinski definition) is 2. The average molecular weight is 363 g/mol. The largest absolute Gasteiger partial charge is 0.385 e. The van der Waals surface area contributed by atoms with Crippen LogP contribution in [-0.2, 0) is 16.1 Å². The van der Waals surface area contributed by atoms with Gasteiger partial charge in [-0.3, -0.25) is 19.1 Å². The van der Waals surface area contributed by atoms with E-state index in [2.05, 4.69) is 10.3 Å². The van der Waals surface area contributed by atoms with Crippen molar-refractivity contribution in [1.82, 2.24) is 9.55 Å². The molecule has 1 heterocycles. The molecule has 0 bridgehead atoms. The van der Waals surface area contributed by atoms with Crippen molar-refractivity contribution < 1.29 is 9.53 Å². The molecule has 0 aliphatic rings. The molecule has 0 unspecified atom stereocenters. The van der Waals surface area contributed by atoms with Crippen LogP contribution in [0.4, 0.5) is 5.82 Å². The summed E-state index contributed by atoms with van der Waals surface area (Å²) in [4.78, 5) is 38.8. The predicted molar refractivity (Wildman–Crippen MR) is 98.3 cm³/mol. The number of methoxy groups -OCH3 is 1. The highest BCUT2D eigenvalue weighted by Gasteiger charge is 2.10. The number of rotatable bonds is 8. The van der Waals surface area contributed by atoms with Crippen LogP contribution in [0.25, 0.3) is 0 Å². The number of thioether (sulfide) groups is 1. The Morgan fingerprint density at radius 2 is 2.00 bits per heavy atom. The Kier molecular flexibility index (Phi) is 7.03. The summed E-state index contributed by atoms with van der Waals surface area (Å²) in [6, 6.07) is 9.06. The Balaban J connectivity index is 2.04. The van der Waals surface area contributed by atoms with Crippen molar-refractivity contribution in [1.29, 1.82) is 0 Å². The number of carbonyl (C=O) groups excluding carboxylic acids is 1. The summed E-state index contributed by atoms with van der Waals surface area (Å²) in [7, 11) is 1.57. The lowest BCUT2D eigenvalue weighted by Gasteiger charge is -2.12. The van der Waals surface area contributed by atoms with Gasteiger partial charge in [0.2, 0.25) is 5.91 Å². The smallest absolute Gasteiger partial charge is 0.329 e. The minimum Gasteiger partial charge on any atom is -0.385 e. The number of H-pyrrole nitrogens is 1. The van der Waals surface area contributed by atoms with Crippen LogP contribution in [0.2, 0.25) is 0 Å². The number of hydrogen-bond acceptors (Lipinski definition) is 5. The van der Waals surface area contributed by atoms with Crippen LogP contribution in [0.1, 0.15) is 12.0 Å². The molecule has 0 spiro atoms. The maximum absolute atomic E-state index is 12.2. The molecule has 0 aliphatic heterocycles. The normalized spacial score (nSPS) is 10.6. The summed E-state index contributed by atoms with van der Waals surface area (Å²) < 4.78 is 6.29. The van der Waals surface area contributed by atoms with Crippen LogP contribution < -0.4 is 16.6 Å². The molecule has 0 fully saturated rings. The van der Waals surface area contributed by atoms with Crippen LogP contribution >= 0.6 is 11.8 Å². The molecule has 1 aromatic carbocycles. The molecule has 8 heteroatoms. The third-order valence-corrected chi connectivity index (χ3v) is 4.43. The first-order chi connectivity index (χ1) is 12.0. The van der Waals surface area contributed by atoms with Crippen molar-refractivity contribution in [2.45, 2.75) is 24.8 Å². The van der Waals surface area contributed by atoms with Gasteiger partial charge in [-0.15, -0.1) is 11.8 Å². The maximum Gasteiger partial charge on any atom is 0.329 e. The lowest BCUT2D eigenvalue weighted by Crippen LogP contribution is -2.33. The van der Waals surface area contributed by atoms with Crippen LogP contribution in [0, 0.1) is 6.92 Å². The molecule has 2 aromatic rings. The Hall–Kier alpha value is -2.32. The van der Waals surface area contributed by atoms with Gasteiger partial charge in [0.05, 0.1) is 5.75 Å². The van der Waals surface area contributed by atoms with E-state index < -0.39 is 11.2 Å². The zero-order valence-electron chi connectivity index (χ0n) is 14.2. The molecule has 134 valence electrons. The number of aryl methyl sites for hydroxylation is 1. The van der Waals surface area contributed by atoms with Gasteiger partial charge in [-0.1, -0.05) is 17.7 Å². The molecule has 25 heavy (non-hydrogen) atoms. The first-order valence-electron chi connectivity index (χ1n) is 7.82. The molecule has 1 aromatic heterocycles. The molecule has 7 nitrogen and oxygen atoms in total. The van der Waals surface area contributed by atoms with Crippen molar-refractivity contribution in [3.63, 3.8) is 0 Å². The van der Waals surface area contributed by atoms with Crippen LogP contribution in [0.15, 0.2) is 44.8 Å². The third-order valence-electron chi connectivity index (χ3n) is 3.42. The van der Waals surface area contributed by atoms with E-state index in [-0.39, 0.29) is 17.5 Å². The van der Waals surface area contributed by atoms with Gasteiger partial charge in [0, 0.05) is 31.2 Å². The number of anilines is 1. The standard InChI is InChI=1S/C17H21N3O4S/c1-12-4-6-13(7-5-12)25-11-16(22)18-14-10-15(21)19-17(23)20(14)8-3-9-24-2/h4-7,10H,3,8-9,11H2,1-2H3,(H,18,22)(H,19,21,23). The topological polar surface area (TPSA) is 93.2 Å². The SMILES string of the molecule is COCCCn1c(NC(=O)CSc2ccc(C)cc2)cc(=O)[nH]c1=O. The van der Waals surface area contributed by atoms with Gasteiger partial charge in [0.1, 0.15) is 5.82 Å². The fourth-order valence-electron chi connectivity index (χ4n) is 2.18. The Morgan fingerprint density at radius 3 is 2.68 bits per heavy atom. The lowest BCUT2D eigenvalue weighted by atomic mass is 10.2. The van der Waals surface area contributed by atoms with Gasteiger partial charge >= 0.3 is 5.69 Å². The first kappa shape index (κ1) is 19.0. The number of nitrogens with zero attached hydrogens (tertiary/aromatic N) is 1. The fraction of sp³-hybridized carbons (Fsp3) is 0.353. The van der Waals surface area contributed by atoms with Gasteiger partial charge in [0.15, 0.2) is 0 Å². The Morgan fingerprint density at radius 1 is 1.28 bits per heavy atom. The molecule has 2 rings (SSSR count). The summed E-state index contributed by atoms with van der Waals surface area (Å²) in [5.74, 6) is 0.0951. The Labute approximate surface area is 149 Å².